The molecule has 4 nitrogen and oxygen atoms in total. The highest BCUT2D eigenvalue weighted by molar-refractivity contribution is 6.34. The van der Waals surface area contributed by atoms with Crippen molar-refractivity contribution in [1.82, 2.24) is 0 Å². The smallest absolute Gasteiger partial charge is 0.416 e. The lowest BCUT2D eigenvalue weighted by Gasteiger charge is -2.20. The zero-order valence-corrected chi connectivity index (χ0v) is 12.2. The van der Waals surface area contributed by atoms with Gasteiger partial charge in [-0.3, -0.25) is 9.59 Å². The topological polar surface area (TPSA) is 46.6 Å². The molecule has 0 fully saturated rings. The van der Waals surface area contributed by atoms with Crippen molar-refractivity contribution < 1.29 is 36.3 Å². The summed E-state index contributed by atoms with van der Waals surface area (Å²) in [4.78, 5) is 25.2. The number of imide groups is 1. The van der Waals surface area contributed by atoms with Gasteiger partial charge in [0.1, 0.15) is 5.75 Å². The summed E-state index contributed by atoms with van der Waals surface area (Å²) in [6, 6.07) is 7.17. The van der Waals surface area contributed by atoms with Crippen LogP contribution in [0.3, 0.4) is 0 Å². The summed E-state index contributed by atoms with van der Waals surface area (Å²) in [5, 5.41) is 0. The largest absolute Gasteiger partial charge is 0.433 e. The highest BCUT2D eigenvalue weighted by atomic mass is 19.4. The Bertz CT molecular complexity index is 828. The van der Waals surface area contributed by atoms with Gasteiger partial charge in [-0.1, -0.05) is 12.1 Å². The third-order valence-corrected chi connectivity index (χ3v) is 3.54. The van der Waals surface area contributed by atoms with Crippen molar-refractivity contribution in [2.45, 2.75) is 12.8 Å². The number of hydrogen-bond donors (Lipinski definition) is 0. The molecule has 1 heterocycles. The molecule has 0 spiro atoms. The number of halogens is 5. The van der Waals surface area contributed by atoms with Gasteiger partial charge in [0.2, 0.25) is 0 Å². The Hall–Kier alpha value is -2.97. The third kappa shape index (κ3) is 2.92. The maximum absolute atomic E-state index is 12.9. The van der Waals surface area contributed by atoms with Gasteiger partial charge >= 0.3 is 12.8 Å². The zero-order chi connectivity index (χ0) is 18.4. The van der Waals surface area contributed by atoms with Gasteiger partial charge in [-0.25, -0.2) is 4.90 Å². The Morgan fingerprint density at radius 1 is 0.920 bits per heavy atom. The SMILES string of the molecule is O=C1c2ccccc2C(=O)N1c1cc(C(F)(F)F)ccc1OC(F)F. The van der Waals surface area contributed by atoms with Crippen LogP contribution in [0.2, 0.25) is 0 Å². The van der Waals surface area contributed by atoms with Gasteiger partial charge in [0.05, 0.1) is 22.4 Å². The molecule has 1 aliphatic heterocycles. The zero-order valence-electron chi connectivity index (χ0n) is 12.2. The molecule has 2 amide bonds. The van der Waals surface area contributed by atoms with Gasteiger partial charge < -0.3 is 4.74 Å². The van der Waals surface area contributed by atoms with Crippen LogP contribution in [0.15, 0.2) is 42.5 Å². The van der Waals surface area contributed by atoms with Gasteiger partial charge in [-0.05, 0) is 30.3 Å². The average molecular weight is 357 g/mol. The van der Waals surface area contributed by atoms with Crippen LogP contribution in [0.5, 0.6) is 5.75 Å². The molecule has 0 saturated heterocycles. The Morgan fingerprint density at radius 2 is 1.48 bits per heavy atom. The normalized spacial score (nSPS) is 14.2. The lowest BCUT2D eigenvalue weighted by atomic mass is 10.1. The first-order valence-electron chi connectivity index (χ1n) is 6.84. The van der Waals surface area contributed by atoms with E-state index in [0.29, 0.717) is 23.1 Å². The van der Waals surface area contributed by atoms with Crippen LogP contribution in [-0.4, -0.2) is 18.4 Å². The summed E-state index contributed by atoms with van der Waals surface area (Å²) >= 11 is 0. The number of nitrogens with zero attached hydrogens (tertiary/aromatic N) is 1. The molecule has 2 aromatic rings. The molecule has 25 heavy (non-hydrogen) atoms. The van der Waals surface area contributed by atoms with Crippen LogP contribution in [0, 0.1) is 0 Å². The first-order valence-corrected chi connectivity index (χ1v) is 6.84. The molecule has 0 saturated carbocycles. The Kier molecular flexibility index (Phi) is 3.94. The molecule has 0 unspecified atom stereocenters. The predicted molar refractivity (Wildman–Crippen MR) is 75.7 cm³/mol. The molecule has 0 aliphatic carbocycles. The molecule has 0 N–H and O–H groups in total. The minimum atomic E-state index is -4.79. The number of carbonyl (C=O) groups excluding carboxylic acids is 2. The number of amides is 2. The number of benzene rings is 2. The molecule has 0 aromatic heterocycles. The number of rotatable bonds is 3. The third-order valence-electron chi connectivity index (χ3n) is 3.54. The first kappa shape index (κ1) is 16.9. The van der Waals surface area contributed by atoms with E-state index in [-0.39, 0.29) is 11.1 Å². The Balaban J connectivity index is 2.15. The van der Waals surface area contributed by atoms with Crippen LogP contribution in [0.4, 0.5) is 27.6 Å². The molecule has 9 heteroatoms. The minimum absolute atomic E-state index is 0.0343. The monoisotopic (exact) mass is 357 g/mol. The van der Waals surface area contributed by atoms with Crippen molar-refractivity contribution in [1.29, 1.82) is 0 Å². The van der Waals surface area contributed by atoms with Crippen LogP contribution in [0.25, 0.3) is 0 Å². The van der Waals surface area contributed by atoms with Gasteiger partial charge in [0.15, 0.2) is 0 Å². The predicted octanol–water partition coefficient (Wildman–Crippen LogP) is 4.11. The molecular formula is C16H8F5NO3. The maximum atomic E-state index is 12.9. The molecule has 130 valence electrons. The van der Waals surface area contributed by atoms with Gasteiger partial charge in [0.25, 0.3) is 11.8 Å². The first-order chi connectivity index (χ1) is 11.7. The van der Waals surface area contributed by atoms with E-state index in [1.165, 1.54) is 24.3 Å². The lowest BCUT2D eigenvalue weighted by Crippen LogP contribution is -2.30. The van der Waals surface area contributed by atoms with Crippen molar-refractivity contribution in [2.24, 2.45) is 0 Å². The fourth-order valence-electron chi connectivity index (χ4n) is 2.47. The van der Waals surface area contributed by atoms with Crippen molar-refractivity contribution in [3.05, 3.63) is 59.2 Å². The summed E-state index contributed by atoms with van der Waals surface area (Å²) in [7, 11) is 0. The van der Waals surface area contributed by atoms with E-state index in [2.05, 4.69) is 4.74 Å². The summed E-state index contributed by atoms with van der Waals surface area (Å²) in [5.41, 5.74) is -1.97. The number of hydrogen-bond acceptors (Lipinski definition) is 3. The number of anilines is 1. The van der Waals surface area contributed by atoms with Crippen LogP contribution < -0.4 is 9.64 Å². The summed E-state index contributed by atoms with van der Waals surface area (Å²) in [6.45, 7) is -3.34. The van der Waals surface area contributed by atoms with Gasteiger partial charge in [-0.2, -0.15) is 22.0 Å². The Morgan fingerprint density at radius 3 is 1.96 bits per heavy atom. The molecule has 2 aromatic carbocycles. The van der Waals surface area contributed by atoms with Crippen molar-refractivity contribution >= 4 is 17.5 Å². The molecule has 1 aliphatic rings. The summed E-state index contributed by atoms with van der Waals surface area (Å²) in [5.74, 6) is -2.55. The average Bonchev–Trinajstić information content (AvgIpc) is 2.78. The summed E-state index contributed by atoms with van der Waals surface area (Å²) in [6.07, 6.45) is -4.79. The van der Waals surface area contributed by atoms with E-state index in [0.717, 1.165) is 0 Å². The van der Waals surface area contributed by atoms with Gasteiger partial charge in [-0.15, -0.1) is 0 Å². The maximum Gasteiger partial charge on any atom is 0.416 e. The molecule has 0 atom stereocenters. The summed E-state index contributed by atoms with van der Waals surface area (Å²) < 4.78 is 68.1. The second-order valence-electron chi connectivity index (χ2n) is 5.05. The second-order valence-corrected chi connectivity index (χ2v) is 5.05. The van der Waals surface area contributed by atoms with Crippen molar-refractivity contribution in [3.63, 3.8) is 0 Å². The molecule has 3 rings (SSSR count). The van der Waals surface area contributed by atoms with E-state index >= 15 is 0 Å². The van der Waals surface area contributed by atoms with Crippen LogP contribution in [-0.2, 0) is 6.18 Å². The second kappa shape index (κ2) is 5.83. The van der Waals surface area contributed by atoms with E-state index in [9.17, 15) is 31.5 Å². The van der Waals surface area contributed by atoms with E-state index in [1.54, 1.807) is 0 Å². The van der Waals surface area contributed by atoms with Crippen molar-refractivity contribution in [2.75, 3.05) is 4.90 Å². The molecular weight excluding hydrogens is 349 g/mol. The fraction of sp³-hybridized carbons (Fsp3) is 0.125. The van der Waals surface area contributed by atoms with E-state index in [1.807, 2.05) is 0 Å². The van der Waals surface area contributed by atoms with Crippen molar-refractivity contribution in [3.8, 4) is 5.75 Å². The van der Waals surface area contributed by atoms with Crippen LogP contribution >= 0.6 is 0 Å². The number of fused-ring (bicyclic) bond motifs is 1. The lowest BCUT2D eigenvalue weighted by molar-refractivity contribution is -0.137. The Labute approximate surface area is 137 Å². The number of ether oxygens (including phenoxy) is 1. The highest BCUT2D eigenvalue weighted by Crippen LogP contribution is 2.40. The molecule has 0 bridgehead atoms. The van der Waals surface area contributed by atoms with E-state index in [4.69, 9.17) is 0 Å². The number of carbonyl (C=O) groups is 2. The van der Waals surface area contributed by atoms with E-state index < -0.39 is 41.6 Å². The number of alkyl halides is 5. The highest BCUT2D eigenvalue weighted by Gasteiger charge is 2.40. The standard InChI is InChI=1S/C16H8F5NO3/c17-15(18)25-12-6-5-8(16(19,20)21)7-11(12)22-13(23)9-3-1-2-4-10(9)14(22)24/h1-7,15H. The molecule has 0 radical (unpaired) electrons. The fourth-order valence-corrected chi connectivity index (χ4v) is 2.47. The van der Waals surface area contributed by atoms with Crippen LogP contribution in [0.1, 0.15) is 26.3 Å². The quantitative estimate of drug-likeness (QED) is 0.614. The van der Waals surface area contributed by atoms with Gasteiger partial charge in [0, 0.05) is 0 Å². The minimum Gasteiger partial charge on any atom is -0.433 e.